The van der Waals surface area contributed by atoms with Gasteiger partial charge < -0.3 is 19.9 Å². The van der Waals surface area contributed by atoms with Crippen LogP contribution in [0.5, 0.6) is 11.5 Å². The number of rotatable bonds is 7. The van der Waals surface area contributed by atoms with Crippen molar-refractivity contribution in [3.8, 4) is 11.5 Å². The van der Waals surface area contributed by atoms with Gasteiger partial charge in [-0.2, -0.15) is 13.2 Å². The van der Waals surface area contributed by atoms with Crippen molar-refractivity contribution in [2.24, 2.45) is 0 Å². The Hall–Kier alpha value is -2.74. The summed E-state index contributed by atoms with van der Waals surface area (Å²) >= 11 is 0. The SMILES string of the molecule is COCCOc1ccc(C(F)(F)F)cc1NC(=O)Cc1ccc(O)cc1. The van der Waals surface area contributed by atoms with E-state index in [2.05, 4.69) is 5.32 Å². The topological polar surface area (TPSA) is 67.8 Å². The number of phenols is 1. The first-order valence-corrected chi connectivity index (χ1v) is 7.70. The van der Waals surface area contributed by atoms with Gasteiger partial charge in [-0.15, -0.1) is 0 Å². The van der Waals surface area contributed by atoms with Crippen molar-refractivity contribution in [2.75, 3.05) is 25.6 Å². The molecule has 0 bridgehead atoms. The molecule has 5 nitrogen and oxygen atoms in total. The first-order valence-electron chi connectivity index (χ1n) is 7.70. The molecule has 0 aliphatic carbocycles. The van der Waals surface area contributed by atoms with E-state index >= 15 is 0 Å². The second kappa shape index (κ2) is 8.57. The van der Waals surface area contributed by atoms with Crippen LogP contribution in [0.3, 0.4) is 0 Å². The van der Waals surface area contributed by atoms with E-state index in [1.54, 1.807) is 12.1 Å². The minimum Gasteiger partial charge on any atom is -0.508 e. The van der Waals surface area contributed by atoms with Crippen LogP contribution in [0, 0.1) is 0 Å². The number of alkyl halides is 3. The lowest BCUT2D eigenvalue weighted by molar-refractivity contribution is -0.137. The standard InChI is InChI=1S/C18H18F3NO4/c1-25-8-9-26-16-7-4-13(18(19,20)21)11-15(16)22-17(24)10-12-2-5-14(23)6-3-12/h2-7,11,23H,8-10H2,1H3,(H,22,24). The molecule has 8 heteroatoms. The van der Waals surface area contributed by atoms with E-state index in [9.17, 15) is 23.1 Å². The largest absolute Gasteiger partial charge is 0.508 e. The van der Waals surface area contributed by atoms with Crippen molar-refractivity contribution in [1.82, 2.24) is 0 Å². The maximum Gasteiger partial charge on any atom is 0.416 e. The monoisotopic (exact) mass is 369 g/mol. The van der Waals surface area contributed by atoms with Gasteiger partial charge in [-0.1, -0.05) is 12.1 Å². The lowest BCUT2D eigenvalue weighted by Crippen LogP contribution is -2.17. The highest BCUT2D eigenvalue weighted by molar-refractivity contribution is 5.93. The number of aromatic hydroxyl groups is 1. The van der Waals surface area contributed by atoms with Crippen LogP contribution in [0.25, 0.3) is 0 Å². The van der Waals surface area contributed by atoms with Crippen molar-refractivity contribution in [3.63, 3.8) is 0 Å². The zero-order chi connectivity index (χ0) is 19.2. The number of hydrogen-bond acceptors (Lipinski definition) is 4. The number of ether oxygens (including phenoxy) is 2. The summed E-state index contributed by atoms with van der Waals surface area (Å²) in [4.78, 5) is 12.2. The molecule has 0 atom stereocenters. The molecule has 2 aromatic carbocycles. The molecule has 140 valence electrons. The number of carbonyl (C=O) groups is 1. The number of halogens is 3. The maximum atomic E-state index is 12.9. The Morgan fingerprint density at radius 2 is 1.81 bits per heavy atom. The second-order valence-corrected chi connectivity index (χ2v) is 5.44. The summed E-state index contributed by atoms with van der Waals surface area (Å²) in [5.41, 5.74) is -0.356. The zero-order valence-electron chi connectivity index (χ0n) is 14.0. The summed E-state index contributed by atoms with van der Waals surface area (Å²) < 4.78 is 49.0. The molecule has 0 aromatic heterocycles. The third-order valence-electron chi connectivity index (χ3n) is 3.43. The molecular formula is C18H18F3NO4. The summed E-state index contributed by atoms with van der Waals surface area (Å²) in [6, 6.07) is 8.83. The molecule has 0 unspecified atom stereocenters. The number of methoxy groups -OCH3 is 1. The van der Waals surface area contributed by atoms with Crippen molar-refractivity contribution >= 4 is 11.6 Å². The highest BCUT2D eigenvalue weighted by atomic mass is 19.4. The van der Waals surface area contributed by atoms with Gasteiger partial charge in [-0.3, -0.25) is 4.79 Å². The predicted molar refractivity (Wildman–Crippen MR) is 89.3 cm³/mol. The third kappa shape index (κ3) is 5.66. The predicted octanol–water partition coefficient (Wildman–Crippen LogP) is 3.62. The third-order valence-corrected chi connectivity index (χ3v) is 3.43. The van der Waals surface area contributed by atoms with Crippen LogP contribution in [0.2, 0.25) is 0 Å². The lowest BCUT2D eigenvalue weighted by atomic mass is 10.1. The average molecular weight is 369 g/mol. The van der Waals surface area contributed by atoms with E-state index in [4.69, 9.17) is 9.47 Å². The Bertz CT molecular complexity index is 745. The number of carbonyl (C=O) groups excluding carboxylic acids is 1. The fraction of sp³-hybridized carbons (Fsp3) is 0.278. The first kappa shape index (κ1) is 19.6. The number of benzene rings is 2. The Balaban J connectivity index is 2.17. The van der Waals surface area contributed by atoms with Gasteiger partial charge in [-0.05, 0) is 35.9 Å². The van der Waals surface area contributed by atoms with Gasteiger partial charge in [0.15, 0.2) is 0 Å². The Morgan fingerprint density at radius 3 is 2.42 bits per heavy atom. The molecule has 0 heterocycles. The van der Waals surface area contributed by atoms with Crippen LogP contribution in [-0.4, -0.2) is 31.3 Å². The highest BCUT2D eigenvalue weighted by Crippen LogP contribution is 2.35. The second-order valence-electron chi connectivity index (χ2n) is 5.44. The highest BCUT2D eigenvalue weighted by Gasteiger charge is 2.31. The van der Waals surface area contributed by atoms with Crippen molar-refractivity contribution in [3.05, 3.63) is 53.6 Å². The van der Waals surface area contributed by atoms with Gasteiger partial charge in [-0.25, -0.2) is 0 Å². The van der Waals surface area contributed by atoms with Crippen LogP contribution in [0.1, 0.15) is 11.1 Å². The average Bonchev–Trinajstić information content (AvgIpc) is 2.57. The number of hydrogen-bond donors (Lipinski definition) is 2. The zero-order valence-corrected chi connectivity index (χ0v) is 14.0. The molecule has 1 amide bonds. The number of phenolic OH excluding ortho intramolecular Hbond substituents is 1. The summed E-state index contributed by atoms with van der Waals surface area (Å²) in [6.45, 7) is 0.380. The van der Waals surface area contributed by atoms with Crippen LogP contribution < -0.4 is 10.1 Å². The summed E-state index contributed by atoms with van der Waals surface area (Å²) in [6.07, 6.45) is -4.60. The molecule has 2 N–H and O–H groups in total. The van der Waals surface area contributed by atoms with E-state index in [-0.39, 0.29) is 36.8 Å². The fourth-order valence-electron chi connectivity index (χ4n) is 2.16. The van der Waals surface area contributed by atoms with E-state index in [0.717, 1.165) is 18.2 Å². The van der Waals surface area contributed by atoms with Crippen molar-refractivity contribution < 1.29 is 32.5 Å². The minimum atomic E-state index is -4.54. The number of nitrogens with one attached hydrogen (secondary N) is 1. The molecule has 26 heavy (non-hydrogen) atoms. The molecule has 0 aliphatic heterocycles. The molecule has 0 radical (unpaired) electrons. The lowest BCUT2D eigenvalue weighted by Gasteiger charge is -2.15. The molecular weight excluding hydrogens is 351 g/mol. The van der Waals surface area contributed by atoms with Gasteiger partial charge in [0.05, 0.1) is 24.3 Å². The van der Waals surface area contributed by atoms with E-state index in [0.29, 0.717) is 5.56 Å². The molecule has 0 aliphatic rings. The Morgan fingerprint density at radius 1 is 1.12 bits per heavy atom. The smallest absolute Gasteiger partial charge is 0.416 e. The maximum absolute atomic E-state index is 12.9. The number of amides is 1. The Kier molecular flexibility index (Phi) is 6.46. The van der Waals surface area contributed by atoms with Crippen molar-refractivity contribution in [1.29, 1.82) is 0 Å². The van der Waals surface area contributed by atoms with Gasteiger partial charge >= 0.3 is 6.18 Å². The molecule has 2 aromatic rings. The van der Waals surface area contributed by atoms with Gasteiger partial charge in [0.2, 0.25) is 5.91 Å². The van der Waals surface area contributed by atoms with E-state index < -0.39 is 17.6 Å². The fourth-order valence-corrected chi connectivity index (χ4v) is 2.16. The van der Waals surface area contributed by atoms with E-state index in [1.807, 2.05) is 0 Å². The minimum absolute atomic E-state index is 0.0564. The molecule has 0 saturated carbocycles. The Labute approximate surface area is 148 Å². The van der Waals surface area contributed by atoms with E-state index in [1.165, 1.54) is 19.2 Å². The van der Waals surface area contributed by atoms with Crippen LogP contribution in [-0.2, 0) is 22.1 Å². The molecule has 0 fully saturated rings. The first-order chi connectivity index (χ1) is 12.3. The van der Waals surface area contributed by atoms with Crippen LogP contribution >= 0.6 is 0 Å². The van der Waals surface area contributed by atoms with Gasteiger partial charge in [0.1, 0.15) is 18.1 Å². The molecule has 0 saturated heterocycles. The molecule has 0 spiro atoms. The van der Waals surface area contributed by atoms with Gasteiger partial charge in [0.25, 0.3) is 0 Å². The van der Waals surface area contributed by atoms with Crippen molar-refractivity contribution in [2.45, 2.75) is 12.6 Å². The van der Waals surface area contributed by atoms with Crippen LogP contribution in [0.15, 0.2) is 42.5 Å². The van der Waals surface area contributed by atoms with Gasteiger partial charge in [0, 0.05) is 7.11 Å². The quantitative estimate of drug-likeness (QED) is 0.732. The summed E-state index contributed by atoms with van der Waals surface area (Å²) in [7, 11) is 1.47. The number of anilines is 1. The summed E-state index contributed by atoms with van der Waals surface area (Å²) in [5.74, 6) is -0.332. The normalized spacial score (nSPS) is 11.2. The van der Waals surface area contributed by atoms with Crippen LogP contribution in [0.4, 0.5) is 18.9 Å². The summed E-state index contributed by atoms with van der Waals surface area (Å²) in [5, 5.41) is 11.7. The molecule has 2 rings (SSSR count).